The first-order valence-corrected chi connectivity index (χ1v) is 6.08. The highest BCUT2D eigenvalue weighted by Crippen LogP contribution is 2.25. The third kappa shape index (κ3) is 2.60. The zero-order valence-electron chi connectivity index (χ0n) is 9.75. The molecule has 1 heterocycles. The van der Waals surface area contributed by atoms with Crippen molar-refractivity contribution in [1.29, 1.82) is 0 Å². The molecule has 0 aliphatic rings. The molecular formula is C12H12N2O3S. The maximum atomic E-state index is 11.9. The normalized spacial score (nSPS) is 10.1. The molecule has 0 unspecified atom stereocenters. The summed E-state index contributed by atoms with van der Waals surface area (Å²) < 4.78 is 10.2. The zero-order valence-corrected chi connectivity index (χ0v) is 10.6. The summed E-state index contributed by atoms with van der Waals surface area (Å²) >= 11 is 1.42. The minimum absolute atomic E-state index is 0.133. The number of methoxy groups -OCH3 is 1. The molecule has 18 heavy (non-hydrogen) atoms. The van der Waals surface area contributed by atoms with Crippen molar-refractivity contribution < 1.29 is 14.3 Å². The van der Waals surface area contributed by atoms with Crippen molar-refractivity contribution in [2.45, 2.75) is 6.61 Å². The van der Waals surface area contributed by atoms with Gasteiger partial charge >= 0.3 is 5.97 Å². The molecule has 5 nitrogen and oxygen atoms in total. The Hall–Kier alpha value is -2.08. The number of benzene rings is 1. The molecule has 0 saturated heterocycles. The highest BCUT2D eigenvalue weighted by Gasteiger charge is 2.17. The van der Waals surface area contributed by atoms with Crippen molar-refractivity contribution in [2.24, 2.45) is 0 Å². The molecular weight excluding hydrogens is 252 g/mol. The Kier molecular flexibility index (Phi) is 3.78. The molecule has 0 atom stereocenters. The fourth-order valence-electron chi connectivity index (χ4n) is 1.46. The van der Waals surface area contributed by atoms with Crippen LogP contribution in [0.4, 0.5) is 5.69 Å². The number of rotatable bonds is 4. The van der Waals surface area contributed by atoms with E-state index in [-0.39, 0.29) is 12.2 Å². The van der Waals surface area contributed by atoms with Crippen molar-refractivity contribution in [3.63, 3.8) is 0 Å². The lowest BCUT2D eigenvalue weighted by atomic mass is 10.1. The van der Waals surface area contributed by atoms with Crippen LogP contribution in [0.15, 0.2) is 29.8 Å². The van der Waals surface area contributed by atoms with Gasteiger partial charge in [-0.25, -0.2) is 9.78 Å². The number of aromatic nitrogens is 1. The van der Waals surface area contributed by atoms with E-state index < -0.39 is 5.97 Å². The van der Waals surface area contributed by atoms with Crippen LogP contribution in [0, 0.1) is 0 Å². The summed E-state index contributed by atoms with van der Waals surface area (Å²) in [6.45, 7) is 0.133. The molecule has 0 bridgehead atoms. The van der Waals surface area contributed by atoms with Crippen LogP contribution in [-0.4, -0.2) is 18.1 Å². The second-order valence-electron chi connectivity index (χ2n) is 3.43. The van der Waals surface area contributed by atoms with E-state index in [2.05, 4.69) is 4.98 Å². The van der Waals surface area contributed by atoms with Crippen molar-refractivity contribution in [3.8, 4) is 5.75 Å². The van der Waals surface area contributed by atoms with E-state index in [1.807, 2.05) is 5.38 Å². The number of thiazole rings is 1. The first-order valence-electron chi connectivity index (χ1n) is 5.20. The second kappa shape index (κ2) is 5.50. The molecule has 6 heteroatoms. The van der Waals surface area contributed by atoms with Crippen LogP contribution in [0.1, 0.15) is 15.4 Å². The summed E-state index contributed by atoms with van der Waals surface area (Å²) in [4.78, 5) is 16.0. The summed E-state index contributed by atoms with van der Waals surface area (Å²) in [6, 6.07) is 5.00. The first-order chi connectivity index (χ1) is 8.72. The molecule has 0 aliphatic carbocycles. The maximum absolute atomic E-state index is 11.9. The van der Waals surface area contributed by atoms with Crippen LogP contribution in [0.2, 0.25) is 0 Å². The Morgan fingerprint density at radius 3 is 3.00 bits per heavy atom. The number of esters is 1. The molecule has 2 rings (SSSR count). The predicted molar refractivity (Wildman–Crippen MR) is 68.6 cm³/mol. The van der Waals surface area contributed by atoms with Crippen LogP contribution in [0.25, 0.3) is 0 Å². The highest BCUT2D eigenvalue weighted by molar-refractivity contribution is 7.09. The lowest BCUT2D eigenvalue weighted by molar-refractivity contribution is 0.0470. The van der Waals surface area contributed by atoms with Crippen LogP contribution >= 0.6 is 11.3 Å². The van der Waals surface area contributed by atoms with Crippen molar-refractivity contribution >= 4 is 23.0 Å². The molecule has 0 radical (unpaired) electrons. The van der Waals surface area contributed by atoms with Crippen molar-refractivity contribution in [2.75, 3.05) is 12.8 Å². The van der Waals surface area contributed by atoms with Crippen LogP contribution in [0.3, 0.4) is 0 Å². The third-order valence-corrected chi connectivity index (χ3v) is 3.05. The van der Waals surface area contributed by atoms with E-state index in [1.54, 1.807) is 24.4 Å². The van der Waals surface area contributed by atoms with Crippen LogP contribution in [0.5, 0.6) is 5.75 Å². The molecule has 2 N–H and O–H groups in total. The van der Waals surface area contributed by atoms with Gasteiger partial charge in [0.2, 0.25) is 0 Å². The van der Waals surface area contributed by atoms with Crippen molar-refractivity contribution in [1.82, 2.24) is 4.98 Å². The number of nitrogens with zero attached hydrogens (tertiary/aromatic N) is 1. The number of anilines is 1. The second-order valence-corrected chi connectivity index (χ2v) is 4.41. The van der Waals surface area contributed by atoms with Crippen LogP contribution in [-0.2, 0) is 11.3 Å². The Bertz CT molecular complexity index is 540. The minimum atomic E-state index is -0.514. The number of carbonyl (C=O) groups excluding carboxylic acids is 1. The van der Waals surface area contributed by atoms with Gasteiger partial charge in [0.1, 0.15) is 22.9 Å². The van der Waals surface area contributed by atoms with Gasteiger partial charge < -0.3 is 15.2 Å². The molecule has 0 saturated carbocycles. The number of nitrogen functional groups attached to an aromatic ring is 1. The van der Waals surface area contributed by atoms with E-state index in [4.69, 9.17) is 15.2 Å². The van der Waals surface area contributed by atoms with E-state index in [0.717, 1.165) is 5.01 Å². The molecule has 94 valence electrons. The van der Waals surface area contributed by atoms with E-state index in [1.165, 1.54) is 18.4 Å². The molecule has 0 spiro atoms. The van der Waals surface area contributed by atoms with E-state index in [0.29, 0.717) is 11.4 Å². The molecule has 1 aromatic heterocycles. The largest absolute Gasteiger partial charge is 0.496 e. The van der Waals surface area contributed by atoms with Crippen LogP contribution < -0.4 is 10.5 Å². The number of nitrogens with two attached hydrogens (primary N) is 1. The van der Waals surface area contributed by atoms with Gasteiger partial charge in [0, 0.05) is 17.3 Å². The Morgan fingerprint density at radius 1 is 1.50 bits per heavy atom. The Morgan fingerprint density at radius 2 is 2.33 bits per heavy atom. The predicted octanol–water partition coefficient (Wildman–Crippen LogP) is 2.09. The standard InChI is InChI=1S/C12H12N2O3S/c1-16-9-4-2-3-8(13)11(9)12(15)17-7-10-14-5-6-18-10/h2-6H,7,13H2,1H3. The lowest BCUT2D eigenvalue weighted by Gasteiger charge is -2.10. The Balaban J connectivity index is 2.13. The average Bonchev–Trinajstić information content (AvgIpc) is 2.88. The molecule has 0 aliphatic heterocycles. The maximum Gasteiger partial charge on any atom is 0.344 e. The van der Waals surface area contributed by atoms with Gasteiger partial charge in [0.25, 0.3) is 0 Å². The highest BCUT2D eigenvalue weighted by atomic mass is 32.1. The fourth-order valence-corrected chi connectivity index (χ4v) is 1.99. The molecule has 0 fully saturated rings. The zero-order chi connectivity index (χ0) is 13.0. The molecule has 2 aromatic rings. The first kappa shape index (κ1) is 12.4. The number of hydrogen-bond donors (Lipinski definition) is 1. The summed E-state index contributed by atoms with van der Waals surface area (Å²) in [5, 5.41) is 2.55. The topological polar surface area (TPSA) is 74.4 Å². The van der Waals surface area contributed by atoms with Gasteiger partial charge in [0.05, 0.1) is 7.11 Å². The summed E-state index contributed by atoms with van der Waals surface area (Å²) in [6.07, 6.45) is 1.66. The van der Waals surface area contributed by atoms with Gasteiger partial charge in [-0.3, -0.25) is 0 Å². The summed E-state index contributed by atoms with van der Waals surface area (Å²) in [7, 11) is 1.48. The lowest BCUT2D eigenvalue weighted by Crippen LogP contribution is -2.10. The number of carbonyl (C=O) groups is 1. The molecule has 0 amide bonds. The van der Waals surface area contributed by atoms with Crippen molar-refractivity contribution in [3.05, 3.63) is 40.3 Å². The number of ether oxygens (including phenoxy) is 2. The SMILES string of the molecule is COc1cccc(N)c1C(=O)OCc1nccs1. The monoisotopic (exact) mass is 264 g/mol. The van der Waals surface area contributed by atoms with Gasteiger partial charge in [-0.15, -0.1) is 11.3 Å². The Labute approximate surface area is 108 Å². The van der Waals surface area contributed by atoms with Gasteiger partial charge in [-0.2, -0.15) is 0 Å². The third-order valence-electron chi connectivity index (χ3n) is 2.29. The van der Waals surface area contributed by atoms with Gasteiger partial charge in [-0.1, -0.05) is 6.07 Å². The summed E-state index contributed by atoms with van der Waals surface area (Å²) in [5.74, 6) is -0.112. The van der Waals surface area contributed by atoms with E-state index >= 15 is 0 Å². The van der Waals surface area contributed by atoms with Gasteiger partial charge in [-0.05, 0) is 12.1 Å². The molecule has 1 aromatic carbocycles. The van der Waals surface area contributed by atoms with Gasteiger partial charge in [0.15, 0.2) is 0 Å². The minimum Gasteiger partial charge on any atom is -0.496 e. The quantitative estimate of drug-likeness (QED) is 0.676. The fraction of sp³-hybridized carbons (Fsp3) is 0.167. The smallest absolute Gasteiger partial charge is 0.344 e. The number of hydrogen-bond acceptors (Lipinski definition) is 6. The van der Waals surface area contributed by atoms with E-state index in [9.17, 15) is 4.79 Å². The average molecular weight is 264 g/mol. The summed E-state index contributed by atoms with van der Waals surface area (Å²) in [5.41, 5.74) is 6.33.